The third-order valence-corrected chi connectivity index (χ3v) is 5.61. The maximum Gasteiger partial charge on any atom is 0.272 e. The molecule has 1 amide bonds. The van der Waals surface area contributed by atoms with Crippen LogP contribution in [-0.4, -0.2) is 15.0 Å². The second-order valence-corrected chi connectivity index (χ2v) is 7.63. The van der Waals surface area contributed by atoms with Gasteiger partial charge in [0, 0.05) is 25.2 Å². The highest BCUT2D eigenvalue weighted by Crippen LogP contribution is 2.26. The van der Waals surface area contributed by atoms with Gasteiger partial charge in [0.25, 0.3) is 11.5 Å². The summed E-state index contributed by atoms with van der Waals surface area (Å²) in [5, 5.41) is 4.35. The van der Waals surface area contributed by atoms with Gasteiger partial charge in [0.05, 0.1) is 16.4 Å². The number of aromatic nitrogens is 2. The first-order chi connectivity index (χ1) is 15.5. The number of rotatable bonds is 4. The number of carbonyl (C=O) groups excluding carboxylic acids is 1. The summed E-state index contributed by atoms with van der Waals surface area (Å²) < 4.78 is 9.19. The smallest absolute Gasteiger partial charge is 0.272 e. The number of carbonyl (C=O) groups is 1. The van der Waals surface area contributed by atoms with Crippen LogP contribution in [0.4, 0.5) is 5.69 Å². The third-order valence-electron chi connectivity index (χ3n) is 5.61. The van der Waals surface area contributed by atoms with Crippen LogP contribution in [0.2, 0.25) is 0 Å². The maximum atomic E-state index is 13.0. The number of nitrogens with zero attached hydrogens (tertiary/aromatic N) is 2. The summed E-state index contributed by atoms with van der Waals surface area (Å²) >= 11 is 0. The molecule has 0 aliphatic rings. The minimum atomic E-state index is -0.286. The van der Waals surface area contributed by atoms with Gasteiger partial charge >= 0.3 is 0 Å². The van der Waals surface area contributed by atoms with Crippen LogP contribution in [0.5, 0.6) is 11.5 Å². The standard InChI is InChI=1S/C26H21N3O3/c1-28-23(16-21-24(28)20-10-6-7-11-22(20)29(2)26(21)31)25(30)27-17-12-14-19(15-13-17)32-18-8-4-3-5-9-18/h3-16H,1-2H3,(H,27,30). The minimum Gasteiger partial charge on any atom is -0.457 e. The van der Waals surface area contributed by atoms with E-state index in [4.69, 9.17) is 4.74 Å². The summed E-state index contributed by atoms with van der Waals surface area (Å²) in [4.78, 5) is 25.9. The summed E-state index contributed by atoms with van der Waals surface area (Å²) in [6, 6.07) is 26.0. The van der Waals surface area contributed by atoms with Crippen molar-refractivity contribution >= 4 is 33.4 Å². The SMILES string of the molecule is Cn1c(C(=O)Nc2ccc(Oc3ccccc3)cc2)cc2c(=O)n(C)c3ccccc3c21. The molecule has 0 bridgehead atoms. The van der Waals surface area contributed by atoms with E-state index in [0.29, 0.717) is 22.5 Å². The van der Waals surface area contributed by atoms with E-state index in [1.165, 1.54) is 0 Å². The fourth-order valence-corrected chi connectivity index (χ4v) is 3.99. The molecule has 0 aliphatic heterocycles. The Balaban J connectivity index is 1.45. The number of pyridine rings is 1. The number of hydrogen-bond donors (Lipinski definition) is 1. The van der Waals surface area contributed by atoms with Gasteiger partial charge in [-0.1, -0.05) is 36.4 Å². The van der Waals surface area contributed by atoms with Crippen molar-refractivity contribution in [3.8, 4) is 11.5 Å². The number of benzene rings is 3. The van der Waals surface area contributed by atoms with Gasteiger partial charge in [0.2, 0.25) is 0 Å². The number of hydrogen-bond acceptors (Lipinski definition) is 3. The van der Waals surface area contributed by atoms with Crippen LogP contribution in [0.25, 0.3) is 21.8 Å². The maximum absolute atomic E-state index is 13.0. The summed E-state index contributed by atoms with van der Waals surface area (Å²) in [6.07, 6.45) is 0. The van der Waals surface area contributed by atoms with E-state index in [9.17, 15) is 9.59 Å². The lowest BCUT2D eigenvalue weighted by atomic mass is 10.1. The molecule has 0 saturated carbocycles. The molecule has 5 rings (SSSR count). The Bertz CT molecular complexity index is 1510. The molecule has 158 valence electrons. The lowest BCUT2D eigenvalue weighted by molar-refractivity contribution is 0.101. The largest absolute Gasteiger partial charge is 0.457 e. The molecule has 3 aromatic carbocycles. The van der Waals surface area contributed by atoms with Crippen molar-refractivity contribution in [1.82, 2.24) is 9.13 Å². The second kappa shape index (κ2) is 7.74. The Morgan fingerprint density at radius 3 is 2.19 bits per heavy atom. The molecule has 32 heavy (non-hydrogen) atoms. The highest BCUT2D eigenvalue weighted by molar-refractivity contribution is 6.11. The van der Waals surface area contributed by atoms with Crippen LogP contribution in [0.1, 0.15) is 10.5 Å². The zero-order chi connectivity index (χ0) is 22.2. The molecular weight excluding hydrogens is 402 g/mol. The predicted molar refractivity (Wildman–Crippen MR) is 127 cm³/mol. The molecule has 0 unspecified atom stereocenters. The van der Waals surface area contributed by atoms with E-state index >= 15 is 0 Å². The molecule has 0 saturated heterocycles. The van der Waals surface area contributed by atoms with Crippen LogP contribution in [0.3, 0.4) is 0 Å². The first kappa shape index (κ1) is 19.6. The molecule has 6 heteroatoms. The molecule has 0 fully saturated rings. The van der Waals surface area contributed by atoms with E-state index < -0.39 is 0 Å². The summed E-state index contributed by atoms with van der Waals surface area (Å²) in [6.45, 7) is 0. The van der Waals surface area contributed by atoms with Gasteiger partial charge in [-0.2, -0.15) is 0 Å². The lowest BCUT2D eigenvalue weighted by Crippen LogP contribution is -2.17. The molecule has 0 atom stereocenters. The number of para-hydroxylation sites is 2. The Morgan fingerprint density at radius 1 is 0.781 bits per heavy atom. The summed E-state index contributed by atoms with van der Waals surface area (Å²) in [5.74, 6) is 1.13. The van der Waals surface area contributed by atoms with E-state index in [1.807, 2.05) is 54.6 Å². The number of ether oxygens (including phenoxy) is 1. The molecular formula is C26H21N3O3. The Kier molecular flexibility index (Phi) is 4.75. The van der Waals surface area contributed by atoms with Crippen molar-refractivity contribution in [3.63, 3.8) is 0 Å². The molecule has 2 aromatic heterocycles. The summed E-state index contributed by atoms with van der Waals surface area (Å²) in [5.41, 5.74) is 2.50. The fraction of sp³-hybridized carbons (Fsp3) is 0.0769. The average molecular weight is 423 g/mol. The molecule has 1 N–H and O–H groups in total. The van der Waals surface area contributed by atoms with Crippen LogP contribution in [0, 0.1) is 0 Å². The normalized spacial score (nSPS) is 11.1. The van der Waals surface area contributed by atoms with Gasteiger partial charge in [0.1, 0.15) is 17.2 Å². The first-order valence-corrected chi connectivity index (χ1v) is 10.2. The molecule has 0 spiro atoms. The lowest BCUT2D eigenvalue weighted by Gasteiger charge is -2.10. The van der Waals surface area contributed by atoms with Crippen molar-refractivity contribution in [3.05, 3.63) is 101 Å². The van der Waals surface area contributed by atoms with Crippen LogP contribution in [0.15, 0.2) is 89.7 Å². The van der Waals surface area contributed by atoms with Crippen molar-refractivity contribution in [2.75, 3.05) is 5.32 Å². The number of nitrogens with one attached hydrogen (secondary N) is 1. The molecule has 5 aromatic rings. The van der Waals surface area contributed by atoms with Crippen molar-refractivity contribution in [2.45, 2.75) is 0 Å². The Labute approximate surface area is 184 Å². The third kappa shape index (κ3) is 3.32. The zero-order valence-corrected chi connectivity index (χ0v) is 17.7. The molecule has 0 aliphatic carbocycles. The number of amides is 1. The van der Waals surface area contributed by atoms with Crippen LogP contribution >= 0.6 is 0 Å². The predicted octanol–water partition coefficient (Wildman–Crippen LogP) is 5.07. The number of anilines is 1. The summed E-state index contributed by atoms with van der Waals surface area (Å²) in [7, 11) is 3.55. The quantitative estimate of drug-likeness (QED) is 0.439. The van der Waals surface area contributed by atoms with Crippen LogP contribution < -0.4 is 15.6 Å². The minimum absolute atomic E-state index is 0.129. The Hall–Kier alpha value is -4.32. The van der Waals surface area contributed by atoms with E-state index in [2.05, 4.69) is 5.32 Å². The molecule has 6 nitrogen and oxygen atoms in total. The van der Waals surface area contributed by atoms with Gasteiger partial charge in [-0.05, 0) is 48.5 Å². The topological polar surface area (TPSA) is 65.3 Å². The van der Waals surface area contributed by atoms with E-state index in [-0.39, 0.29) is 11.5 Å². The van der Waals surface area contributed by atoms with Gasteiger partial charge in [-0.25, -0.2) is 0 Å². The average Bonchev–Trinajstić information content (AvgIpc) is 3.17. The van der Waals surface area contributed by atoms with Crippen molar-refractivity contribution in [1.29, 1.82) is 0 Å². The monoisotopic (exact) mass is 423 g/mol. The molecule has 2 heterocycles. The van der Waals surface area contributed by atoms with Gasteiger partial charge in [-0.3, -0.25) is 9.59 Å². The highest BCUT2D eigenvalue weighted by Gasteiger charge is 2.19. The Morgan fingerprint density at radius 2 is 1.44 bits per heavy atom. The van der Waals surface area contributed by atoms with Gasteiger partial charge in [0.15, 0.2) is 0 Å². The van der Waals surface area contributed by atoms with Gasteiger partial charge < -0.3 is 19.2 Å². The fourth-order valence-electron chi connectivity index (χ4n) is 3.99. The van der Waals surface area contributed by atoms with E-state index in [0.717, 1.165) is 22.2 Å². The zero-order valence-electron chi connectivity index (χ0n) is 17.7. The second-order valence-electron chi connectivity index (χ2n) is 7.63. The van der Waals surface area contributed by atoms with Crippen molar-refractivity contribution in [2.24, 2.45) is 14.1 Å². The van der Waals surface area contributed by atoms with Gasteiger partial charge in [-0.15, -0.1) is 0 Å². The first-order valence-electron chi connectivity index (χ1n) is 10.2. The van der Waals surface area contributed by atoms with Crippen molar-refractivity contribution < 1.29 is 9.53 Å². The van der Waals surface area contributed by atoms with E-state index in [1.54, 1.807) is 53.6 Å². The van der Waals surface area contributed by atoms with Crippen LogP contribution in [-0.2, 0) is 14.1 Å². The number of fused-ring (bicyclic) bond motifs is 3. The highest BCUT2D eigenvalue weighted by atomic mass is 16.5. The number of aryl methyl sites for hydroxylation is 2. The molecule has 0 radical (unpaired) electrons.